The van der Waals surface area contributed by atoms with Crippen molar-refractivity contribution in [3.8, 4) is 5.75 Å². The Morgan fingerprint density at radius 1 is 1.50 bits per heavy atom. The maximum Gasteiger partial charge on any atom is 0.180 e. The molecule has 2 aromatic rings. The van der Waals surface area contributed by atoms with Gasteiger partial charge in [-0.2, -0.15) is 0 Å². The summed E-state index contributed by atoms with van der Waals surface area (Å²) in [7, 11) is 0. The molecule has 1 aromatic heterocycles. The number of rotatable bonds is 3. The highest BCUT2D eigenvalue weighted by molar-refractivity contribution is 7.15. The van der Waals surface area contributed by atoms with E-state index in [1.807, 2.05) is 0 Å². The van der Waals surface area contributed by atoms with Crippen LogP contribution in [-0.2, 0) is 6.61 Å². The Bertz CT molecular complexity index is 498. The summed E-state index contributed by atoms with van der Waals surface area (Å²) >= 11 is 1.38. The topological polar surface area (TPSA) is 48.1 Å². The van der Waals surface area contributed by atoms with Gasteiger partial charge in [0.15, 0.2) is 5.13 Å². The van der Waals surface area contributed by atoms with Crippen LogP contribution < -0.4 is 10.5 Å². The van der Waals surface area contributed by atoms with Crippen molar-refractivity contribution in [1.29, 1.82) is 0 Å². The average Bonchev–Trinajstić information content (AvgIpc) is 2.63. The molecular formula is C11H11FN2OS. The van der Waals surface area contributed by atoms with Crippen molar-refractivity contribution in [3.05, 3.63) is 40.7 Å². The molecule has 0 aliphatic heterocycles. The maximum atomic E-state index is 12.8. The molecule has 3 nitrogen and oxygen atoms in total. The molecule has 16 heavy (non-hydrogen) atoms. The number of nitrogen functional groups attached to an aromatic ring is 1. The van der Waals surface area contributed by atoms with E-state index in [-0.39, 0.29) is 5.82 Å². The Hall–Kier alpha value is -1.62. The van der Waals surface area contributed by atoms with Crippen molar-refractivity contribution in [2.45, 2.75) is 13.5 Å². The summed E-state index contributed by atoms with van der Waals surface area (Å²) < 4.78 is 18.4. The zero-order chi connectivity index (χ0) is 11.5. The number of anilines is 1. The third kappa shape index (κ3) is 2.49. The summed E-state index contributed by atoms with van der Waals surface area (Å²) in [6.07, 6.45) is 1.68. The first-order chi connectivity index (χ1) is 7.65. The number of aryl methyl sites for hydroxylation is 1. The molecule has 0 spiro atoms. The van der Waals surface area contributed by atoms with E-state index in [1.165, 1.54) is 23.5 Å². The summed E-state index contributed by atoms with van der Waals surface area (Å²) in [5.41, 5.74) is 6.28. The highest BCUT2D eigenvalue weighted by Crippen LogP contribution is 2.21. The molecule has 2 N–H and O–H groups in total. The third-order valence-electron chi connectivity index (χ3n) is 2.08. The minimum Gasteiger partial charge on any atom is -0.488 e. The number of ether oxygens (including phenoxy) is 1. The van der Waals surface area contributed by atoms with E-state index < -0.39 is 0 Å². The van der Waals surface area contributed by atoms with Crippen LogP contribution in [0.4, 0.5) is 9.52 Å². The lowest BCUT2D eigenvalue weighted by molar-refractivity contribution is 0.307. The van der Waals surface area contributed by atoms with E-state index in [0.717, 1.165) is 10.4 Å². The van der Waals surface area contributed by atoms with E-state index in [0.29, 0.717) is 17.5 Å². The summed E-state index contributed by atoms with van der Waals surface area (Å²) in [5, 5.41) is 0.523. The zero-order valence-corrected chi connectivity index (χ0v) is 9.55. The van der Waals surface area contributed by atoms with Gasteiger partial charge in [0.2, 0.25) is 0 Å². The number of nitrogens with two attached hydrogens (primary N) is 1. The fourth-order valence-corrected chi connectivity index (χ4v) is 1.91. The van der Waals surface area contributed by atoms with Gasteiger partial charge in [0.25, 0.3) is 0 Å². The number of benzene rings is 1. The third-order valence-corrected chi connectivity index (χ3v) is 2.88. The van der Waals surface area contributed by atoms with Crippen LogP contribution in [-0.4, -0.2) is 4.98 Å². The molecular weight excluding hydrogens is 227 g/mol. The lowest BCUT2D eigenvalue weighted by Gasteiger charge is -2.07. The highest BCUT2D eigenvalue weighted by Gasteiger charge is 2.03. The molecule has 0 aliphatic carbocycles. The normalized spacial score (nSPS) is 10.4. The molecule has 5 heteroatoms. The van der Waals surface area contributed by atoms with E-state index in [2.05, 4.69) is 4.98 Å². The van der Waals surface area contributed by atoms with Crippen LogP contribution in [0, 0.1) is 12.7 Å². The minimum absolute atomic E-state index is 0.258. The van der Waals surface area contributed by atoms with E-state index >= 15 is 0 Å². The number of thiazole rings is 1. The van der Waals surface area contributed by atoms with E-state index in [1.54, 1.807) is 19.2 Å². The van der Waals surface area contributed by atoms with Gasteiger partial charge in [-0.3, -0.25) is 0 Å². The van der Waals surface area contributed by atoms with E-state index in [4.69, 9.17) is 10.5 Å². The molecule has 0 unspecified atom stereocenters. The van der Waals surface area contributed by atoms with Gasteiger partial charge in [-0.15, -0.1) is 0 Å². The van der Waals surface area contributed by atoms with Crippen LogP contribution >= 0.6 is 11.3 Å². The number of hydrogen-bond donors (Lipinski definition) is 1. The van der Waals surface area contributed by atoms with Crippen LogP contribution in [0.1, 0.15) is 10.4 Å². The average molecular weight is 238 g/mol. The molecule has 1 aromatic carbocycles. The largest absolute Gasteiger partial charge is 0.488 e. The van der Waals surface area contributed by atoms with Gasteiger partial charge < -0.3 is 10.5 Å². The summed E-state index contributed by atoms with van der Waals surface area (Å²) in [6.45, 7) is 2.21. The molecule has 2 rings (SSSR count). The van der Waals surface area contributed by atoms with Gasteiger partial charge in [-0.05, 0) is 30.7 Å². The Labute approximate surface area is 96.7 Å². The number of halogens is 1. The molecule has 0 radical (unpaired) electrons. The Kier molecular flexibility index (Phi) is 3.05. The first-order valence-electron chi connectivity index (χ1n) is 4.74. The van der Waals surface area contributed by atoms with Gasteiger partial charge in [0.1, 0.15) is 18.2 Å². The molecule has 0 fully saturated rings. The minimum atomic E-state index is -0.258. The van der Waals surface area contributed by atoms with Crippen molar-refractivity contribution < 1.29 is 9.13 Å². The molecule has 0 saturated carbocycles. The summed E-state index contributed by atoms with van der Waals surface area (Å²) in [4.78, 5) is 4.87. The monoisotopic (exact) mass is 238 g/mol. The molecule has 1 heterocycles. The fourth-order valence-electron chi connectivity index (χ4n) is 1.31. The number of nitrogens with zero attached hydrogens (tertiary/aromatic N) is 1. The molecule has 84 valence electrons. The predicted molar refractivity (Wildman–Crippen MR) is 62.0 cm³/mol. The lowest BCUT2D eigenvalue weighted by Crippen LogP contribution is -1.95. The molecule has 0 saturated heterocycles. The number of aromatic nitrogens is 1. The summed E-state index contributed by atoms with van der Waals surface area (Å²) in [5.74, 6) is 0.417. The van der Waals surface area contributed by atoms with E-state index in [9.17, 15) is 4.39 Å². The predicted octanol–water partition coefficient (Wildman–Crippen LogP) is 2.75. The Morgan fingerprint density at radius 2 is 2.31 bits per heavy atom. The van der Waals surface area contributed by atoms with Gasteiger partial charge >= 0.3 is 0 Å². The first-order valence-corrected chi connectivity index (χ1v) is 5.56. The molecule has 0 bridgehead atoms. The van der Waals surface area contributed by atoms with Crippen molar-refractivity contribution in [2.24, 2.45) is 0 Å². The van der Waals surface area contributed by atoms with Crippen molar-refractivity contribution >= 4 is 16.5 Å². The second-order valence-electron chi connectivity index (χ2n) is 3.36. The fraction of sp³-hybridized carbons (Fsp3) is 0.182. The second kappa shape index (κ2) is 4.49. The maximum absolute atomic E-state index is 12.8. The second-order valence-corrected chi connectivity index (χ2v) is 4.51. The Balaban J connectivity index is 2.04. The lowest BCUT2D eigenvalue weighted by atomic mass is 10.2. The Morgan fingerprint density at radius 3 is 2.94 bits per heavy atom. The highest BCUT2D eigenvalue weighted by atomic mass is 32.1. The first kappa shape index (κ1) is 10.9. The standard InChI is InChI=1S/C11H11FN2OS/c1-7-4-8(12)2-3-10(7)15-6-9-5-14-11(13)16-9/h2-5H,6H2,1H3,(H2,13,14). The molecule has 0 atom stereocenters. The molecule has 0 amide bonds. The van der Waals surface area contributed by atoms with Crippen LogP contribution in [0.25, 0.3) is 0 Å². The van der Waals surface area contributed by atoms with Crippen molar-refractivity contribution in [1.82, 2.24) is 4.98 Å². The van der Waals surface area contributed by atoms with Gasteiger partial charge in [0, 0.05) is 6.20 Å². The zero-order valence-electron chi connectivity index (χ0n) is 8.74. The van der Waals surface area contributed by atoms with Crippen LogP contribution in [0.2, 0.25) is 0 Å². The van der Waals surface area contributed by atoms with Crippen LogP contribution in [0.5, 0.6) is 5.75 Å². The number of hydrogen-bond acceptors (Lipinski definition) is 4. The van der Waals surface area contributed by atoms with Gasteiger partial charge in [-0.25, -0.2) is 9.37 Å². The van der Waals surface area contributed by atoms with Crippen LogP contribution in [0.15, 0.2) is 24.4 Å². The van der Waals surface area contributed by atoms with Gasteiger partial charge in [0.05, 0.1) is 4.88 Å². The van der Waals surface area contributed by atoms with Crippen molar-refractivity contribution in [3.63, 3.8) is 0 Å². The summed E-state index contributed by atoms with van der Waals surface area (Å²) in [6, 6.07) is 4.44. The smallest absolute Gasteiger partial charge is 0.180 e. The quantitative estimate of drug-likeness (QED) is 0.894. The van der Waals surface area contributed by atoms with Crippen molar-refractivity contribution in [2.75, 3.05) is 5.73 Å². The van der Waals surface area contributed by atoms with Gasteiger partial charge in [-0.1, -0.05) is 11.3 Å². The molecule has 0 aliphatic rings. The van der Waals surface area contributed by atoms with Crippen LogP contribution in [0.3, 0.4) is 0 Å². The SMILES string of the molecule is Cc1cc(F)ccc1OCc1cnc(N)s1.